The Balaban J connectivity index is 1.77. The molecule has 1 aliphatic carbocycles. The van der Waals surface area contributed by atoms with Crippen LogP contribution < -0.4 is 5.32 Å². The van der Waals surface area contributed by atoms with Gasteiger partial charge in [0.15, 0.2) is 0 Å². The van der Waals surface area contributed by atoms with Crippen LogP contribution in [-0.4, -0.2) is 44.2 Å². The summed E-state index contributed by atoms with van der Waals surface area (Å²) in [5.74, 6) is -0.268. The van der Waals surface area contributed by atoms with Gasteiger partial charge in [-0.1, -0.05) is 31.0 Å². The van der Waals surface area contributed by atoms with Gasteiger partial charge in [0.2, 0.25) is 0 Å². The minimum absolute atomic E-state index is 0.268. The van der Waals surface area contributed by atoms with Gasteiger partial charge in [-0.15, -0.1) is 0 Å². The van der Waals surface area contributed by atoms with Crippen LogP contribution in [0, 0.1) is 0 Å². The van der Waals surface area contributed by atoms with E-state index in [1.165, 1.54) is 32.8 Å². The van der Waals surface area contributed by atoms with Crippen molar-refractivity contribution in [2.24, 2.45) is 0 Å². The molecule has 0 atom stereocenters. The fourth-order valence-electron chi connectivity index (χ4n) is 2.99. The van der Waals surface area contributed by atoms with Crippen LogP contribution in [0.1, 0.15) is 41.6 Å². The van der Waals surface area contributed by atoms with Crippen molar-refractivity contribution in [2.75, 3.05) is 27.2 Å². The Hall–Kier alpha value is -1.39. The van der Waals surface area contributed by atoms with Crippen LogP contribution in [0.2, 0.25) is 0 Å². The lowest BCUT2D eigenvalue weighted by Gasteiger charge is -2.24. The summed E-state index contributed by atoms with van der Waals surface area (Å²) in [5, 5.41) is 3.43. The maximum absolute atomic E-state index is 11.7. The molecule has 0 unspecified atom stereocenters. The molecule has 2 rings (SSSR count). The number of benzene rings is 1. The smallest absolute Gasteiger partial charge is 0.338 e. The number of hydrogen-bond donors (Lipinski definition) is 1. The van der Waals surface area contributed by atoms with Crippen molar-refractivity contribution in [3.8, 4) is 0 Å². The zero-order chi connectivity index (χ0) is 15.1. The number of carbonyl (C=O) groups excluding carboxylic acids is 1. The van der Waals surface area contributed by atoms with Crippen LogP contribution in [0.4, 0.5) is 0 Å². The number of carbonyl (C=O) groups is 1. The van der Waals surface area contributed by atoms with Crippen LogP contribution in [0.5, 0.6) is 0 Å². The van der Waals surface area contributed by atoms with E-state index in [0.717, 1.165) is 24.7 Å². The largest absolute Gasteiger partial charge is 0.465 e. The first-order valence-electron chi connectivity index (χ1n) is 7.79. The van der Waals surface area contributed by atoms with Gasteiger partial charge in [-0.25, -0.2) is 4.79 Å². The monoisotopic (exact) mass is 290 g/mol. The van der Waals surface area contributed by atoms with Crippen molar-refractivity contribution < 1.29 is 9.53 Å². The number of esters is 1. The minimum atomic E-state index is -0.268. The highest BCUT2D eigenvalue weighted by molar-refractivity contribution is 5.90. The Morgan fingerprint density at radius 1 is 1.33 bits per heavy atom. The first-order valence-corrected chi connectivity index (χ1v) is 7.79. The van der Waals surface area contributed by atoms with E-state index in [-0.39, 0.29) is 5.97 Å². The summed E-state index contributed by atoms with van der Waals surface area (Å²) in [5.41, 5.74) is 1.64. The third-order valence-corrected chi connectivity index (χ3v) is 4.33. The fourth-order valence-corrected chi connectivity index (χ4v) is 2.99. The molecular formula is C17H26N2O2. The second kappa shape index (κ2) is 8.15. The van der Waals surface area contributed by atoms with Gasteiger partial charge < -0.3 is 15.0 Å². The first kappa shape index (κ1) is 16.0. The van der Waals surface area contributed by atoms with Crippen LogP contribution in [0.25, 0.3) is 0 Å². The molecule has 1 N–H and O–H groups in total. The van der Waals surface area contributed by atoms with E-state index in [4.69, 9.17) is 4.74 Å². The number of likely N-dealkylation sites (N-methyl/N-ethyl adjacent to an activating group) is 1. The number of methoxy groups -OCH3 is 1. The molecule has 1 aromatic rings. The van der Waals surface area contributed by atoms with Crippen molar-refractivity contribution >= 4 is 5.97 Å². The quantitative estimate of drug-likeness (QED) is 0.618. The average molecular weight is 290 g/mol. The second-order valence-electron chi connectivity index (χ2n) is 5.74. The lowest BCUT2D eigenvalue weighted by molar-refractivity contribution is 0.0599. The Labute approximate surface area is 127 Å². The number of ether oxygens (including phenoxy) is 1. The van der Waals surface area contributed by atoms with E-state index >= 15 is 0 Å². The molecule has 0 heterocycles. The van der Waals surface area contributed by atoms with E-state index in [1.807, 2.05) is 24.3 Å². The normalized spacial score (nSPS) is 15.6. The average Bonchev–Trinajstić information content (AvgIpc) is 3.05. The molecule has 21 heavy (non-hydrogen) atoms. The number of hydrogen-bond acceptors (Lipinski definition) is 4. The second-order valence-corrected chi connectivity index (χ2v) is 5.74. The van der Waals surface area contributed by atoms with Crippen molar-refractivity contribution in [1.29, 1.82) is 0 Å². The summed E-state index contributed by atoms with van der Waals surface area (Å²) in [6.45, 7) is 2.68. The van der Waals surface area contributed by atoms with Crippen LogP contribution in [0.3, 0.4) is 0 Å². The zero-order valence-electron chi connectivity index (χ0n) is 13.1. The van der Waals surface area contributed by atoms with E-state index in [0.29, 0.717) is 12.1 Å². The topological polar surface area (TPSA) is 41.6 Å². The molecule has 1 aliphatic rings. The molecule has 4 heteroatoms. The third-order valence-electron chi connectivity index (χ3n) is 4.33. The van der Waals surface area contributed by atoms with Crippen LogP contribution in [-0.2, 0) is 11.3 Å². The van der Waals surface area contributed by atoms with E-state index in [2.05, 4.69) is 17.3 Å². The third kappa shape index (κ3) is 4.55. The van der Waals surface area contributed by atoms with Gasteiger partial charge in [0.1, 0.15) is 0 Å². The van der Waals surface area contributed by atoms with Crippen molar-refractivity contribution in [3.63, 3.8) is 0 Å². The molecule has 0 spiro atoms. The molecule has 0 aliphatic heterocycles. The Kier molecular flexibility index (Phi) is 6.21. The summed E-state index contributed by atoms with van der Waals surface area (Å²) in [6.07, 6.45) is 5.41. The standard InChI is InChI=1S/C17H26N2O2/c1-19(15-8-4-5-9-15)12-11-18-13-14-7-3-6-10-16(14)17(20)21-2/h3,6-7,10,15,18H,4-5,8-9,11-13H2,1-2H3. The molecule has 1 fully saturated rings. The molecular weight excluding hydrogens is 264 g/mol. The highest BCUT2D eigenvalue weighted by Crippen LogP contribution is 2.21. The molecule has 0 saturated heterocycles. The summed E-state index contributed by atoms with van der Waals surface area (Å²) < 4.78 is 4.81. The molecule has 1 aromatic carbocycles. The molecule has 0 aromatic heterocycles. The Morgan fingerprint density at radius 3 is 2.76 bits per heavy atom. The number of nitrogens with zero attached hydrogens (tertiary/aromatic N) is 1. The SMILES string of the molecule is COC(=O)c1ccccc1CNCCN(C)C1CCCC1. The molecule has 0 radical (unpaired) electrons. The van der Waals surface area contributed by atoms with E-state index in [9.17, 15) is 4.79 Å². The summed E-state index contributed by atoms with van der Waals surface area (Å²) in [7, 11) is 3.63. The Bertz CT molecular complexity index is 456. The lowest BCUT2D eigenvalue weighted by Crippen LogP contribution is -2.35. The molecule has 0 bridgehead atoms. The van der Waals surface area contributed by atoms with Crippen LogP contribution >= 0.6 is 0 Å². The van der Waals surface area contributed by atoms with Gasteiger partial charge >= 0.3 is 5.97 Å². The van der Waals surface area contributed by atoms with Gasteiger partial charge in [0, 0.05) is 25.7 Å². The zero-order valence-corrected chi connectivity index (χ0v) is 13.1. The first-order chi connectivity index (χ1) is 10.2. The predicted molar refractivity (Wildman–Crippen MR) is 84.4 cm³/mol. The fraction of sp³-hybridized carbons (Fsp3) is 0.588. The molecule has 4 nitrogen and oxygen atoms in total. The predicted octanol–water partition coefficient (Wildman–Crippen LogP) is 2.44. The minimum Gasteiger partial charge on any atom is -0.465 e. The summed E-state index contributed by atoms with van der Waals surface area (Å²) in [4.78, 5) is 14.1. The molecule has 0 amide bonds. The highest BCUT2D eigenvalue weighted by atomic mass is 16.5. The van der Waals surface area contributed by atoms with Crippen molar-refractivity contribution in [2.45, 2.75) is 38.3 Å². The van der Waals surface area contributed by atoms with E-state index < -0.39 is 0 Å². The van der Waals surface area contributed by atoms with Gasteiger partial charge in [-0.2, -0.15) is 0 Å². The summed E-state index contributed by atoms with van der Waals surface area (Å²) >= 11 is 0. The van der Waals surface area contributed by atoms with Crippen LogP contribution in [0.15, 0.2) is 24.3 Å². The van der Waals surface area contributed by atoms with Gasteiger partial charge in [0.05, 0.1) is 12.7 Å². The van der Waals surface area contributed by atoms with Gasteiger partial charge in [-0.3, -0.25) is 0 Å². The van der Waals surface area contributed by atoms with Crippen molar-refractivity contribution in [3.05, 3.63) is 35.4 Å². The maximum Gasteiger partial charge on any atom is 0.338 e. The van der Waals surface area contributed by atoms with E-state index in [1.54, 1.807) is 0 Å². The maximum atomic E-state index is 11.7. The Morgan fingerprint density at radius 2 is 2.05 bits per heavy atom. The molecule has 116 valence electrons. The summed E-state index contributed by atoms with van der Waals surface area (Å²) in [6, 6.07) is 8.36. The van der Waals surface area contributed by atoms with Gasteiger partial charge in [-0.05, 0) is 31.5 Å². The van der Waals surface area contributed by atoms with Gasteiger partial charge in [0.25, 0.3) is 0 Å². The highest BCUT2D eigenvalue weighted by Gasteiger charge is 2.18. The number of rotatable bonds is 7. The number of nitrogens with one attached hydrogen (secondary N) is 1. The molecule has 1 saturated carbocycles. The lowest BCUT2D eigenvalue weighted by atomic mass is 10.1. The van der Waals surface area contributed by atoms with Crippen molar-refractivity contribution in [1.82, 2.24) is 10.2 Å².